The Hall–Kier alpha value is -0.860. The third-order valence-electron chi connectivity index (χ3n) is 5.85. The van der Waals surface area contributed by atoms with E-state index in [-0.39, 0.29) is 29.4 Å². The average Bonchev–Trinajstić information content (AvgIpc) is 2.71. The van der Waals surface area contributed by atoms with Crippen LogP contribution in [-0.4, -0.2) is 75.7 Å². The molecule has 0 atom stereocenters. The van der Waals surface area contributed by atoms with Crippen molar-refractivity contribution in [2.75, 3.05) is 59.9 Å². The van der Waals surface area contributed by atoms with Gasteiger partial charge < -0.3 is 20.4 Å². The summed E-state index contributed by atoms with van der Waals surface area (Å²) in [6.07, 6.45) is 3.50. The lowest BCUT2D eigenvalue weighted by Crippen LogP contribution is -2.45. The third-order valence-corrected chi connectivity index (χ3v) is 5.85. The molecule has 0 spiro atoms. The first-order valence-corrected chi connectivity index (χ1v) is 10.9. The van der Waals surface area contributed by atoms with Crippen LogP contribution in [0.3, 0.4) is 0 Å². The van der Waals surface area contributed by atoms with Crippen LogP contribution in [-0.2, 0) is 11.8 Å². The van der Waals surface area contributed by atoms with Gasteiger partial charge in [0.2, 0.25) is 0 Å². The summed E-state index contributed by atoms with van der Waals surface area (Å²) >= 11 is 0. The first kappa shape index (κ1) is 26.2. The molecule has 1 aliphatic heterocycles. The van der Waals surface area contributed by atoms with Crippen molar-refractivity contribution in [1.29, 1.82) is 0 Å². The van der Waals surface area contributed by atoms with Gasteiger partial charge in [0.25, 0.3) is 0 Å². The molecule has 1 aromatic rings. The van der Waals surface area contributed by atoms with Crippen molar-refractivity contribution in [2.24, 2.45) is 4.99 Å². The molecule has 6 heteroatoms. The van der Waals surface area contributed by atoms with Gasteiger partial charge in [0, 0.05) is 51.7 Å². The van der Waals surface area contributed by atoms with Crippen LogP contribution in [0.1, 0.15) is 44.7 Å². The van der Waals surface area contributed by atoms with Crippen molar-refractivity contribution in [2.45, 2.75) is 45.4 Å². The number of nitrogens with one attached hydrogen (secondary N) is 2. The van der Waals surface area contributed by atoms with E-state index in [0.717, 1.165) is 25.5 Å². The molecule has 0 aliphatic carbocycles. The van der Waals surface area contributed by atoms with Crippen molar-refractivity contribution >= 4 is 29.9 Å². The van der Waals surface area contributed by atoms with Crippen molar-refractivity contribution in [1.82, 2.24) is 20.4 Å². The number of benzene rings is 1. The number of aliphatic imine (C=N–C) groups is 1. The predicted molar refractivity (Wildman–Crippen MR) is 137 cm³/mol. The van der Waals surface area contributed by atoms with E-state index in [2.05, 4.69) is 77.5 Å². The average molecular weight is 516 g/mol. The van der Waals surface area contributed by atoms with Crippen molar-refractivity contribution in [3.63, 3.8) is 0 Å². The maximum Gasteiger partial charge on any atom is 0.191 e. The lowest BCUT2D eigenvalue weighted by atomic mass is 9.84. The van der Waals surface area contributed by atoms with Gasteiger partial charge in [-0.2, -0.15) is 0 Å². The van der Waals surface area contributed by atoms with Crippen LogP contribution in [0.25, 0.3) is 0 Å². The molecule has 0 aromatic heterocycles. The summed E-state index contributed by atoms with van der Waals surface area (Å²) in [5.74, 6) is 0.901. The van der Waals surface area contributed by atoms with Gasteiger partial charge in [-0.05, 0) is 44.0 Å². The quantitative estimate of drug-likeness (QED) is 0.229. The molecule has 0 saturated carbocycles. The largest absolute Gasteiger partial charge is 0.356 e. The second-order valence-electron chi connectivity index (χ2n) is 8.64. The maximum absolute atomic E-state index is 4.39. The molecule has 0 radical (unpaired) electrons. The molecule has 1 heterocycles. The smallest absolute Gasteiger partial charge is 0.191 e. The topological polar surface area (TPSA) is 42.9 Å². The maximum atomic E-state index is 4.39. The van der Waals surface area contributed by atoms with Crippen LogP contribution < -0.4 is 10.6 Å². The van der Waals surface area contributed by atoms with E-state index in [9.17, 15) is 0 Å². The number of rotatable bonds is 9. The number of hydrogen-bond acceptors (Lipinski definition) is 3. The number of aryl methyl sites for hydroxylation is 1. The van der Waals surface area contributed by atoms with Crippen LogP contribution in [0.4, 0.5) is 0 Å². The van der Waals surface area contributed by atoms with Gasteiger partial charge in [-0.3, -0.25) is 4.99 Å². The van der Waals surface area contributed by atoms with Gasteiger partial charge in [-0.25, -0.2) is 0 Å². The van der Waals surface area contributed by atoms with E-state index in [1.165, 1.54) is 56.7 Å². The molecule has 29 heavy (non-hydrogen) atoms. The van der Waals surface area contributed by atoms with Gasteiger partial charge in [-0.1, -0.05) is 45.0 Å². The van der Waals surface area contributed by atoms with Crippen LogP contribution in [0, 0.1) is 0 Å². The molecular formula is C23H42IN5. The molecule has 0 unspecified atom stereocenters. The number of unbranched alkanes of at least 4 members (excludes halogenated alkanes) is 1. The molecule has 1 fully saturated rings. The zero-order chi connectivity index (χ0) is 20.4. The van der Waals surface area contributed by atoms with E-state index in [1.807, 2.05) is 7.05 Å². The zero-order valence-corrected chi connectivity index (χ0v) is 21.5. The lowest BCUT2D eigenvalue weighted by Gasteiger charge is -2.32. The molecule has 2 rings (SSSR count). The Balaban J connectivity index is 0.00000420. The Kier molecular flexibility index (Phi) is 12.1. The predicted octanol–water partition coefficient (Wildman–Crippen LogP) is 3.34. The zero-order valence-electron chi connectivity index (χ0n) is 19.1. The summed E-state index contributed by atoms with van der Waals surface area (Å²) in [7, 11) is 4.06. The standard InChI is InChI=1S/C23H41N5.HI/c1-6-20-9-11-21(12-10-20)23(2,3)19-26-22(24-4)25-13-7-8-14-28-17-15-27(5)16-18-28;/h9-12H,6-8,13-19H2,1-5H3,(H2,24,25,26);1H. The van der Waals surface area contributed by atoms with Crippen molar-refractivity contribution in [3.8, 4) is 0 Å². The minimum Gasteiger partial charge on any atom is -0.356 e. The van der Waals surface area contributed by atoms with E-state index in [4.69, 9.17) is 0 Å². The van der Waals surface area contributed by atoms with E-state index >= 15 is 0 Å². The molecule has 1 aromatic carbocycles. The minimum absolute atomic E-state index is 0. The molecule has 5 nitrogen and oxygen atoms in total. The Morgan fingerprint density at radius 3 is 2.28 bits per heavy atom. The second-order valence-corrected chi connectivity index (χ2v) is 8.64. The fourth-order valence-corrected chi connectivity index (χ4v) is 3.56. The lowest BCUT2D eigenvalue weighted by molar-refractivity contribution is 0.152. The SMILES string of the molecule is CCc1ccc(C(C)(C)CNC(=NC)NCCCCN2CCN(C)CC2)cc1.I. The fourth-order valence-electron chi connectivity index (χ4n) is 3.56. The molecule has 1 saturated heterocycles. The molecular weight excluding hydrogens is 473 g/mol. The second kappa shape index (κ2) is 13.4. The summed E-state index contributed by atoms with van der Waals surface area (Å²) in [6.45, 7) is 14.6. The summed E-state index contributed by atoms with van der Waals surface area (Å²) in [6, 6.07) is 9.00. The summed E-state index contributed by atoms with van der Waals surface area (Å²) in [5, 5.41) is 6.97. The van der Waals surface area contributed by atoms with E-state index in [1.54, 1.807) is 0 Å². The number of guanidine groups is 1. The van der Waals surface area contributed by atoms with Gasteiger partial charge in [-0.15, -0.1) is 24.0 Å². The van der Waals surface area contributed by atoms with Crippen LogP contribution in [0.5, 0.6) is 0 Å². The normalized spacial score (nSPS) is 16.4. The van der Waals surface area contributed by atoms with Crippen LogP contribution >= 0.6 is 24.0 Å². The first-order chi connectivity index (χ1) is 13.4. The van der Waals surface area contributed by atoms with E-state index in [0.29, 0.717) is 0 Å². The van der Waals surface area contributed by atoms with Gasteiger partial charge in [0.05, 0.1) is 0 Å². The summed E-state index contributed by atoms with van der Waals surface area (Å²) < 4.78 is 0. The molecule has 166 valence electrons. The highest BCUT2D eigenvalue weighted by Crippen LogP contribution is 2.22. The van der Waals surface area contributed by atoms with Crippen LogP contribution in [0.15, 0.2) is 29.3 Å². The molecule has 0 bridgehead atoms. The minimum atomic E-state index is 0. The molecule has 1 aliphatic rings. The number of halogens is 1. The first-order valence-electron chi connectivity index (χ1n) is 10.9. The van der Waals surface area contributed by atoms with Crippen LogP contribution in [0.2, 0.25) is 0 Å². The Labute approximate surface area is 195 Å². The number of hydrogen-bond donors (Lipinski definition) is 2. The molecule has 2 N–H and O–H groups in total. The Morgan fingerprint density at radius 2 is 1.69 bits per heavy atom. The Morgan fingerprint density at radius 1 is 1.03 bits per heavy atom. The Bertz CT molecular complexity index is 592. The highest BCUT2D eigenvalue weighted by atomic mass is 127. The summed E-state index contributed by atoms with van der Waals surface area (Å²) in [4.78, 5) is 9.38. The van der Waals surface area contributed by atoms with Crippen molar-refractivity contribution < 1.29 is 0 Å². The molecule has 0 amide bonds. The third kappa shape index (κ3) is 9.22. The van der Waals surface area contributed by atoms with E-state index < -0.39 is 0 Å². The summed E-state index contributed by atoms with van der Waals surface area (Å²) in [5.41, 5.74) is 2.81. The number of likely N-dealkylation sites (N-methyl/N-ethyl adjacent to an activating group) is 1. The number of piperazine rings is 1. The van der Waals surface area contributed by atoms with Gasteiger partial charge in [0.1, 0.15) is 0 Å². The van der Waals surface area contributed by atoms with Gasteiger partial charge >= 0.3 is 0 Å². The highest BCUT2D eigenvalue weighted by molar-refractivity contribution is 14.0. The highest BCUT2D eigenvalue weighted by Gasteiger charge is 2.20. The van der Waals surface area contributed by atoms with Crippen molar-refractivity contribution in [3.05, 3.63) is 35.4 Å². The number of nitrogens with zero attached hydrogens (tertiary/aromatic N) is 3. The van der Waals surface area contributed by atoms with Gasteiger partial charge in [0.15, 0.2) is 5.96 Å². The monoisotopic (exact) mass is 515 g/mol. The fraction of sp³-hybridized carbons (Fsp3) is 0.696.